The van der Waals surface area contributed by atoms with E-state index in [1.54, 1.807) is 35.4 Å². The Morgan fingerprint density at radius 3 is 2.61 bits per heavy atom. The average molecular weight is 486 g/mol. The van der Waals surface area contributed by atoms with Gasteiger partial charge in [0, 0.05) is 30.3 Å². The van der Waals surface area contributed by atoms with Crippen LogP contribution in [0, 0.1) is 11.6 Å². The lowest BCUT2D eigenvalue weighted by Gasteiger charge is -2.25. The van der Waals surface area contributed by atoms with Gasteiger partial charge in [-0.25, -0.2) is 13.8 Å². The molecule has 5 rings (SSSR count). The Balaban J connectivity index is 1.28. The van der Waals surface area contributed by atoms with Crippen LogP contribution in [-0.4, -0.2) is 21.7 Å². The van der Waals surface area contributed by atoms with Crippen molar-refractivity contribution in [3.05, 3.63) is 113 Å². The highest BCUT2D eigenvalue weighted by molar-refractivity contribution is 5.99. The number of allylic oxidation sites excluding steroid dienone is 4. The summed E-state index contributed by atoms with van der Waals surface area (Å²) in [5.74, 6) is -0.992. The van der Waals surface area contributed by atoms with E-state index in [0.717, 1.165) is 29.5 Å². The zero-order chi connectivity index (χ0) is 25.1. The van der Waals surface area contributed by atoms with Gasteiger partial charge in [-0.15, -0.1) is 0 Å². The average Bonchev–Trinajstić information content (AvgIpc) is 3.17. The number of anilines is 1. The maximum atomic E-state index is 14.8. The highest BCUT2D eigenvalue weighted by Gasteiger charge is 2.38. The number of hydrogen-bond acceptors (Lipinski definition) is 3. The normalized spacial score (nSPS) is 16.6. The van der Waals surface area contributed by atoms with Gasteiger partial charge in [0.1, 0.15) is 17.5 Å². The van der Waals surface area contributed by atoms with Crippen LogP contribution in [0.5, 0.6) is 0 Å². The number of carbonyl (C=O) groups is 2. The SMILES string of the molecule is O=C(CCC1c2c(F)cccc2C(=O)N1Cc1ccc(F)cc1)Nc1ccc(C2=CCCC=C2)cn1. The zero-order valence-corrected chi connectivity index (χ0v) is 19.6. The largest absolute Gasteiger partial charge is 0.327 e. The molecule has 1 aliphatic carbocycles. The van der Waals surface area contributed by atoms with E-state index in [-0.39, 0.29) is 37.0 Å². The van der Waals surface area contributed by atoms with Gasteiger partial charge >= 0.3 is 0 Å². The molecule has 0 radical (unpaired) electrons. The van der Waals surface area contributed by atoms with Gasteiger partial charge in [0.25, 0.3) is 5.91 Å². The second-order valence-corrected chi connectivity index (χ2v) is 8.93. The first kappa shape index (κ1) is 23.6. The molecule has 0 saturated carbocycles. The first-order valence-corrected chi connectivity index (χ1v) is 12.0. The third kappa shape index (κ3) is 4.96. The molecule has 2 amide bonds. The summed E-state index contributed by atoms with van der Waals surface area (Å²) in [5.41, 5.74) is 3.41. The van der Waals surface area contributed by atoms with E-state index < -0.39 is 11.9 Å². The van der Waals surface area contributed by atoms with Crippen LogP contribution in [0.2, 0.25) is 0 Å². The standard InChI is InChI=1S/C29H25F2N3O2/c30-22-12-9-19(10-13-22)18-34-25(28-23(29(34)36)7-4-8-24(28)31)14-16-27(35)33-26-15-11-21(17-32-26)20-5-2-1-3-6-20/h2,4-13,15,17,25H,1,3,14,16,18H2,(H,32,33,35). The van der Waals surface area contributed by atoms with Crippen LogP contribution in [0.4, 0.5) is 14.6 Å². The maximum Gasteiger partial charge on any atom is 0.255 e. The van der Waals surface area contributed by atoms with E-state index in [0.29, 0.717) is 16.9 Å². The molecular formula is C29H25F2N3O2. The summed E-state index contributed by atoms with van der Waals surface area (Å²) in [7, 11) is 0. The fourth-order valence-electron chi connectivity index (χ4n) is 4.72. The van der Waals surface area contributed by atoms with Gasteiger partial charge in [0.05, 0.1) is 6.04 Å². The van der Waals surface area contributed by atoms with Gasteiger partial charge < -0.3 is 10.2 Å². The maximum absolute atomic E-state index is 14.8. The summed E-state index contributed by atoms with van der Waals surface area (Å²) in [6.45, 7) is 0.187. The van der Waals surface area contributed by atoms with E-state index >= 15 is 0 Å². The molecule has 0 spiro atoms. The summed E-state index contributed by atoms with van der Waals surface area (Å²) in [6.07, 6.45) is 10.4. The predicted molar refractivity (Wildman–Crippen MR) is 134 cm³/mol. The van der Waals surface area contributed by atoms with Crippen molar-refractivity contribution in [3.8, 4) is 0 Å². The predicted octanol–water partition coefficient (Wildman–Crippen LogP) is 6.21. The molecule has 1 aliphatic heterocycles. The fourth-order valence-corrected chi connectivity index (χ4v) is 4.72. The van der Waals surface area contributed by atoms with Crippen LogP contribution in [0.3, 0.4) is 0 Å². The molecule has 1 N–H and O–H groups in total. The molecule has 5 nitrogen and oxygen atoms in total. The quantitative estimate of drug-likeness (QED) is 0.433. The number of hydrogen-bond donors (Lipinski definition) is 1. The lowest BCUT2D eigenvalue weighted by molar-refractivity contribution is -0.116. The smallest absolute Gasteiger partial charge is 0.255 e. The first-order valence-electron chi connectivity index (χ1n) is 12.0. The van der Waals surface area contributed by atoms with E-state index in [1.807, 2.05) is 6.07 Å². The molecule has 182 valence electrons. The Bertz CT molecular complexity index is 1350. The molecule has 1 unspecified atom stereocenters. The van der Waals surface area contributed by atoms with Gasteiger partial charge in [-0.3, -0.25) is 9.59 Å². The third-order valence-electron chi connectivity index (χ3n) is 6.52. The Labute approximate surface area is 208 Å². The summed E-state index contributed by atoms with van der Waals surface area (Å²) < 4.78 is 28.1. The molecule has 0 fully saturated rings. The Hall–Kier alpha value is -4.13. The van der Waals surface area contributed by atoms with Crippen LogP contribution < -0.4 is 5.32 Å². The van der Waals surface area contributed by atoms with E-state index in [2.05, 4.69) is 28.5 Å². The number of pyridine rings is 1. The van der Waals surface area contributed by atoms with Crippen LogP contribution >= 0.6 is 0 Å². The van der Waals surface area contributed by atoms with Crippen LogP contribution in [0.25, 0.3) is 5.57 Å². The van der Waals surface area contributed by atoms with Crippen molar-refractivity contribution in [1.29, 1.82) is 0 Å². The lowest BCUT2D eigenvalue weighted by Crippen LogP contribution is -2.28. The summed E-state index contributed by atoms with van der Waals surface area (Å²) in [4.78, 5) is 31.7. The number of carbonyl (C=O) groups excluding carboxylic acids is 2. The van der Waals surface area contributed by atoms with Crippen molar-refractivity contribution in [2.45, 2.75) is 38.3 Å². The van der Waals surface area contributed by atoms with E-state index in [1.165, 1.54) is 24.3 Å². The number of aromatic nitrogens is 1. The monoisotopic (exact) mass is 485 g/mol. The number of fused-ring (bicyclic) bond motifs is 1. The van der Waals surface area contributed by atoms with Gasteiger partial charge in [0.2, 0.25) is 5.91 Å². The molecular weight excluding hydrogens is 460 g/mol. The molecule has 0 bridgehead atoms. The second-order valence-electron chi connectivity index (χ2n) is 8.93. The van der Waals surface area contributed by atoms with Gasteiger partial charge in [-0.1, -0.05) is 36.4 Å². The highest BCUT2D eigenvalue weighted by atomic mass is 19.1. The van der Waals surface area contributed by atoms with Crippen LogP contribution in [0.1, 0.15) is 58.8 Å². The topological polar surface area (TPSA) is 62.3 Å². The van der Waals surface area contributed by atoms with Crippen LogP contribution in [0.15, 0.2) is 79.0 Å². The molecule has 2 heterocycles. The van der Waals surface area contributed by atoms with E-state index in [4.69, 9.17) is 0 Å². The van der Waals surface area contributed by atoms with Crippen molar-refractivity contribution >= 4 is 23.2 Å². The Morgan fingerprint density at radius 2 is 1.89 bits per heavy atom. The Kier molecular flexibility index (Phi) is 6.71. The summed E-state index contributed by atoms with van der Waals surface area (Å²) in [5, 5.41) is 2.79. The van der Waals surface area contributed by atoms with Crippen molar-refractivity contribution in [1.82, 2.24) is 9.88 Å². The van der Waals surface area contributed by atoms with Crippen molar-refractivity contribution in [3.63, 3.8) is 0 Å². The zero-order valence-electron chi connectivity index (χ0n) is 19.6. The summed E-state index contributed by atoms with van der Waals surface area (Å²) >= 11 is 0. The number of halogens is 2. The number of nitrogens with zero attached hydrogens (tertiary/aromatic N) is 2. The number of nitrogens with one attached hydrogen (secondary N) is 1. The van der Waals surface area contributed by atoms with Crippen LogP contribution in [-0.2, 0) is 11.3 Å². The van der Waals surface area contributed by atoms with Gasteiger partial charge in [-0.05, 0) is 72.4 Å². The van der Waals surface area contributed by atoms with E-state index in [9.17, 15) is 18.4 Å². The first-order chi connectivity index (χ1) is 17.5. The minimum Gasteiger partial charge on any atom is -0.327 e. The third-order valence-corrected chi connectivity index (χ3v) is 6.52. The lowest BCUT2D eigenvalue weighted by atomic mass is 9.99. The van der Waals surface area contributed by atoms with Crippen molar-refractivity contribution in [2.24, 2.45) is 0 Å². The second kappa shape index (κ2) is 10.2. The molecule has 2 aromatic carbocycles. The van der Waals surface area contributed by atoms with Crippen molar-refractivity contribution < 1.29 is 18.4 Å². The molecule has 1 atom stereocenters. The minimum atomic E-state index is -0.607. The molecule has 1 aromatic heterocycles. The molecule has 2 aliphatic rings. The number of rotatable bonds is 7. The molecule has 0 saturated heterocycles. The summed E-state index contributed by atoms with van der Waals surface area (Å²) in [6, 6.07) is 13.3. The molecule has 7 heteroatoms. The highest BCUT2D eigenvalue weighted by Crippen LogP contribution is 2.39. The number of benzene rings is 2. The fraction of sp³-hybridized carbons (Fsp3) is 0.207. The minimum absolute atomic E-state index is 0.0724. The Morgan fingerprint density at radius 1 is 1.06 bits per heavy atom. The van der Waals surface area contributed by atoms with Crippen molar-refractivity contribution in [2.75, 3.05) is 5.32 Å². The van der Waals surface area contributed by atoms with Gasteiger partial charge in [-0.2, -0.15) is 0 Å². The molecule has 3 aromatic rings. The number of amides is 2. The van der Waals surface area contributed by atoms with Gasteiger partial charge in [0.15, 0.2) is 0 Å². The molecule has 36 heavy (non-hydrogen) atoms.